The lowest BCUT2D eigenvalue weighted by Crippen LogP contribution is -2.46. The fourth-order valence-electron chi connectivity index (χ4n) is 3.34. The molecular formula is C18H19F2N3O5S. The maximum atomic E-state index is 13.4. The third kappa shape index (κ3) is 3.72. The van der Waals surface area contributed by atoms with E-state index in [4.69, 9.17) is 4.74 Å². The number of hydrogen-bond donors (Lipinski definition) is 3. The van der Waals surface area contributed by atoms with Crippen molar-refractivity contribution < 1.29 is 31.8 Å². The zero-order valence-corrected chi connectivity index (χ0v) is 16.2. The summed E-state index contributed by atoms with van der Waals surface area (Å²) in [5, 5.41) is 12.7. The zero-order chi connectivity index (χ0) is 20.9. The van der Waals surface area contributed by atoms with Gasteiger partial charge in [-0.15, -0.1) is 0 Å². The minimum Gasteiger partial charge on any atom is -0.488 e. The van der Waals surface area contributed by atoms with Crippen molar-refractivity contribution >= 4 is 21.6 Å². The molecule has 0 spiro atoms. The quantitative estimate of drug-likeness (QED) is 0.683. The second-order valence-corrected chi connectivity index (χ2v) is 8.91. The molecule has 0 bridgehead atoms. The minimum absolute atomic E-state index is 0.000450. The third-order valence-corrected chi connectivity index (χ3v) is 6.50. The maximum absolute atomic E-state index is 13.4. The molecular weight excluding hydrogens is 408 g/mol. The van der Waals surface area contributed by atoms with Crippen LogP contribution in [0.1, 0.15) is 23.3 Å². The van der Waals surface area contributed by atoms with E-state index in [2.05, 4.69) is 10.0 Å². The number of carbonyl (C=O) groups excluding carboxylic acids is 1. The van der Waals surface area contributed by atoms with E-state index in [9.17, 15) is 27.1 Å². The molecule has 2 aromatic rings. The molecule has 4 rings (SSSR count). The number of hydrogen-bond acceptors (Lipinski definition) is 5. The first-order valence-electron chi connectivity index (χ1n) is 8.96. The van der Waals surface area contributed by atoms with Crippen LogP contribution < -0.4 is 14.8 Å². The van der Waals surface area contributed by atoms with E-state index >= 15 is 0 Å². The van der Waals surface area contributed by atoms with Crippen LogP contribution in [0.4, 0.5) is 14.5 Å². The summed E-state index contributed by atoms with van der Waals surface area (Å²) < 4.78 is 61.3. The van der Waals surface area contributed by atoms with E-state index in [0.717, 1.165) is 25.0 Å². The van der Waals surface area contributed by atoms with E-state index in [-0.39, 0.29) is 34.6 Å². The van der Waals surface area contributed by atoms with Crippen molar-refractivity contribution in [2.24, 2.45) is 13.0 Å². The van der Waals surface area contributed by atoms with Crippen LogP contribution in [0.25, 0.3) is 0 Å². The maximum Gasteiger partial charge on any atom is 0.276 e. The van der Waals surface area contributed by atoms with E-state index in [1.807, 2.05) is 0 Å². The van der Waals surface area contributed by atoms with Gasteiger partial charge in [0.25, 0.3) is 5.91 Å². The average molecular weight is 427 g/mol. The summed E-state index contributed by atoms with van der Waals surface area (Å²) in [6, 6.07) is 2.02. The van der Waals surface area contributed by atoms with Crippen molar-refractivity contribution in [1.82, 2.24) is 9.29 Å². The van der Waals surface area contributed by atoms with Crippen molar-refractivity contribution in [3.63, 3.8) is 0 Å². The summed E-state index contributed by atoms with van der Waals surface area (Å²) in [4.78, 5) is 12.5. The van der Waals surface area contributed by atoms with Gasteiger partial charge in [0.05, 0.1) is 12.1 Å². The molecule has 29 heavy (non-hydrogen) atoms. The first-order valence-corrected chi connectivity index (χ1v) is 10.4. The summed E-state index contributed by atoms with van der Waals surface area (Å²) in [6.07, 6.45) is 1.97. The van der Waals surface area contributed by atoms with Crippen LogP contribution in [0.5, 0.6) is 5.75 Å². The van der Waals surface area contributed by atoms with Crippen LogP contribution in [0, 0.1) is 17.6 Å². The van der Waals surface area contributed by atoms with Gasteiger partial charge in [0.2, 0.25) is 10.0 Å². The summed E-state index contributed by atoms with van der Waals surface area (Å²) in [5.74, 6) is -3.09. The number of nitrogens with one attached hydrogen (secondary N) is 2. The van der Waals surface area contributed by atoms with E-state index in [1.54, 1.807) is 0 Å². The highest BCUT2D eigenvalue weighted by Gasteiger charge is 2.41. The lowest BCUT2D eigenvalue weighted by Gasteiger charge is -2.21. The Balaban J connectivity index is 1.64. The molecule has 1 fully saturated rings. The molecule has 2 atom stereocenters. The van der Waals surface area contributed by atoms with Crippen molar-refractivity contribution in [2.45, 2.75) is 29.9 Å². The van der Waals surface area contributed by atoms with Gasteiger partial charge < -0.3 is 19.7 Å². The molecule has 8 nitrogen and oxygen atoms in total. The Labute approximate surface area is 165 Å². The number of fused-ring (bicyclic) bond motifs is 1. The highest BCUT2D eigenvalue weighted by atomic mass is 32.2. The van der Waals surface area contributed by atoms with E-state index in [1.165, 1.54) is 23.9 Å². The van der Waals surface area contributed by atoms with Crippen molar-refractivity contribution in [3.8, 4) is 5.75 Å². The van der Waals surface area contributed by atoms with Crippen molar-refractivity contribution in [1.29, 1.82) is 0 Å². The molecule has 2 aliphatic rings. The second kappa shape index (κ2) is 7.08. The highest BCUT2D eigenvalue weighted by Crippen LogP contribution is 2.37. The van der Waals surface area contributed by atoms with E-state index < -0.39 is 39.7 Å². The standard InChI is InChI=1S/C18H19F2N3O5S/c1-23-7-14-17(15(23)18(25)21-10-4-5-11(19)12(20)6-10)28-8-13(22-29(14,26)27)16(24)9-2-3-9/h4-7,9,13,16,22,24H,2-3,8H2,1H3,(H,21,25)/t13-,16?/m1/s1. The number of aryl methyl sites for hydroxylation is 1. The lowest BCUT2D eigenvalue weighted by atomic mass is 10.1. The van der Waals surface area contributed by atoms with Crippen LogP contribution in [-0.2, 0) is 17.1 Å². The number of halogens is 2. The third-order valence-electron chi connectivity index (χ3n) is 5.02. The molecule has 3 N–H and O–H groups in total. The highest BCUT2D eigenvalue weighted by molar-refractivity contribution is 7.89. The van der Waals surface area contributed by atoms with Crippen LogP contribution >= 0.6 is 0 Å². The molecule has 1 aliphatic heterocycles. The summed E-state index contributed by atoms with van der Waals surface area (Å²) in [5.41, 5.74) is -0.0999. The number of ether oxygens (including phenoxy) is 1. The number of aromatic nitrogens is 1. The molecule has 11 heteroatoms. The van der Waals surface area contributed by atoms with Gasteiger partial charge in [-0.05, 0) is 30.9 Å². The number of aliphatic hydroxyl groups is 1. The normalized spacial score (nSPS) is 21.6. The zero-order valence-electron chi connectivity index (χ0n) is 15.4. The number of rotatable bonds is 4. The summed E-state index contributed by atoms with van der Waals surface area (Å²) in [7, 11) is -2.58. The van der Waals surface area contributed by atoms with Gasteiger partial charge in [-0.1, -0.05) is 0 Å². The van der Waals surface area contributed by atoms with Crippen LogP contribution in [0.2, 0.25) is 0 Å². The van der Waals surface area contributed by atoms with E-state index in [0.29, 0.717) is 0 Å². The molecule has 1 aliphatic carbocycles. The van der Waals surface area contributed by atoms with Gasteiger partial charge in [-0.2, -0.15) is 0 Å². The lowest BCUT2D eigenvalue weighted by molar-refractivity contribution is 0.0898. The second-order valence-electron chi connectivity index (χ2n) is 7.23. The number of nitrogens with zero attached hydrogens (tertiary/aromatic N) is 1. The minimum atomic E-state index is -4.04. The Morgan fingerprint density at radius 2 is 2.07 bits per heavy atom. The van der Waals surface area contributed by atoms with Gasteiger partial charge in [0.1, 0.15) is 11.5 Å². The predicted molar refractivity (Wildman–Crippen MR) is 98.1 cm³/mol. The summed E-state index contributed by atoms with van der Waals surface area (Å²) in [6.45, 7) is -0.153. The monoisotopic (exact) mass is 427 g/mol. The number of benzene rings is 1. The van der Waals surface area contributed by atoms with Gasteiger partial charge in [0.15, 0.2) is 23.1 Å². The number of amides is 1. The Kier molecular flexibility index (Phi) is 4.83. The number of aliphatic hydroxyl groups excluding tert-OH is 1. The van der Waals surface area contributed by atoms with Crippen LogP contribution in [0.15, 0.2) is 29.3 Å². The molecule has 1 amide bonds. The number of anilines is 1. The smallest absolute Gasteiger partial charge is 0.276 e. The Bertz CT molecular complexity index is 1080. The first-order chi connectivity index (χ1) is 13.7. The Hall–Kier alpha value is -2.50. The molecule has 1 aromatic carbocycles. The largest absolute Gasteiger partial charge is 0.488 e. The molecule has 0 radical (unpaired) electrons. The van der Waals surface area contributed by atoms with Gasteiger partial charge in [0, 0.05) is 25.0 Å². The topological polar surface area (TPSA) is 110 Å². The molecule has 156 valence electrons. The van der Waals surface area contributed by atoms with Gasteiger partial charge >= 0.3 is 0 Å². The van der Waals surface area contributed by atoms with Gasteiger partial charge in [-0.3, -0.25) is 4.79 Å². The first kappa shape index (κ1) is 19.8. The van der Waals surface area contributed by atoms with Crippen LogP contribution in [0.3, 0.4) is 0 Å². The molecule has 2 heterocycles. The van der Waals surface area contributed by atoms with Crippen molar-refractivity contribution in [3.05, 3.63) is 41.7 Å². The fourth-order valence-corrected chi connectivity index (χ4v) is 4.77. The fraction of sp³-hybridized carbons (Fsp3) is 0.389. The number of sulfonamides is 1. The predicted octanol–water partition coefficient (Wildman–Crippen LogP) is 1.37. The van der Waals surface area contributed by atoms with Crippen molar-refractivity contribution in [2.75, 3.05) is 11.9 Å². The number of carbonyl (C=O) groups is 1. The Morgan fingerprint density at radius 1 is 1.34 bits per heavy atom. The summed E-state index contributed by atoms with van der Waals surface area (Å²) >= 11 is 0. The van der Waals surface area contributed by atoms with Gasteiger partial charge in [-0.25, -0.2) is 21.9 Å². The molecule has 1 unspecified atom stereocenters. The SMILES string of the molecule is Cn1cc2c(c1C(=O)Nc1ccc(F)c(F)c1)OC[C@H](C(O)C1CC1)NS2(=O)=O. The average Bonchev–Trinajstić information content (AvgIpc) is 3.45. The molecule has 1 saturated carbocycles. The Morgan fingerprint density at radius 3 is 2.72 bits per heavy atom. The van der Waals surface area contributed by atoms with Crippen LogP contribution in [-0.4, -0.2) is 42.8 Å². The molecule has 1 aromatic heterocycles. The molecule has 0 saturated heterocycles.